The minimum absolute atomic E-state index is 0.239. The number of likely N-dealkylation sites (N-methyl/N-ethyl adjacent to an activating group) is 1. The van der Waals surface area contributed by atoms with Crippen LogP contribution in [0.5, 0.6) is 11.5 Å². The molecule has 40 heavy (non-hydrogen) atoms. The Hall–Kier alpha value is -4.62. The maximum absolute atomic E-state index is 9.58. The maximum atomic E-state index is 9.58. The molecule has 1 aliphatic heterocycles. The van der Waals surface area contributed by atoms with Gasteiger partial charge in [-0.2, -0.15) is 0 Å². The number of hydrogen-bond donors (Lipinski definition) is 3. The number of likely N-dealkylation sites (tertiary alicyclic amines) is 1. The molecule has 3 heterocycles. The topological polar surface area (TPSA) is 90.1 Å². The van der Waals surface area contributed by atoms with E-state index < -0.39 is 0 Å². The predicted octanol–water partition coefficient (Wildman–Crippen LogP) is 7.01. The quantitative estimate of drug-likeness (QED) is 0.216. The SMILES string of the molecule is CN1CCCCC1COc1ccc(-c2nc3cc(-c4ccc5[nH]c(-c6ccc(O)cc6)nc5c4)ccc3[nH]2)cc1. The van der Waals surface area contributed by atoms with Crippen LogP contribution in [0.25, 0.3) is 56.0 Å². The van der Waals surface area contributed by atoms with Crippen LogP contribution in [-0.4, -0.2) is 56.2 Å². The number of imidazole rings is 2. The predicted molar refractivity (Wildman–Crippen MR) is 159 cm³/mol. The fourth-order valence-electron chi connectivity index (χ4n) is 5.52. The Labute approximate surface area is 232 Å². The van der Waals surface area contributed by atoms with Crippen molar-refractivity contribution in [2.45, 2.75) is 25.3 Å². The lowest BCUT2D eigenvalue weighted by molar-refractivity contribution is 0.125. The molecule has 1 saturated heterocycles. The van der Waals surface area contributed by atoms with Crippen molar-refractivity contribution < 1.29 is 9.84 Å². The van der Waals surface area contributed by atoms with E-state index in [0.717, 1.165) is 74.9 Å². The third kappa shape index (κ3) is 4.80. The molecule has 7 nitrogen and oxygen atoms in total. The molecule has 7 rings (SSSR count). The lowest BCUT2D eigenvalue weighted by atomic mass is 10.0. The number of phenolic OH excluding ortho intramolecular Hbond substituents is 1. The van der Waals surface area contributed by atoms with Crippen molar-refractivity contribution in [2.75, 3.05) is 20.2 Å². The van der Waals surface area contributed by atoms with Gasteiger partial charge in [-0.05, 0) is 110 Å². The average molecular weight is 530 g/mol. The Balaban J connectivity index is 1.10. The van der Waals surface area contributed by atoms with E-state index in [-0.39, 0.29) is 5.75 Å². The molecule has 6 aromatic rings. The van der Waals surface area contributed by atoms with E-state index in [1.807, 2.05) is 24.3 Å². The normalized spacial score (nSPS) is 16.1. The fourth-order valence-corrected chi connectivity index (χ4v) is 5.52. The molecule has 0 amide bonds. The first kappa shape index (κ1) is 24.4. The first-order valence-corrected chi connectivity index (χ1v) is 13.8. The zero-order valence-electron chi connectivity index (χ0n) is 22.4. The van der Waals surface area contributed by atoms with Gasteiger partial charge < -0.3 is 24.7 Å². The van der Waals surface area contributed by atoms with Crippen LogP contribution in [-0.2, 0) is 0 Å². The van der Waals surface area contributed by atoms with Gasteiger partial charge in [0.25, 0.3) is 0 Å². The van der Waals surface area contributed by atoms with E-state index in [4.69, 9.17) is 14.7 Å². The number of aromatic nitrogens is 4. The van der Waals surface area contributed by atoms with Gasteiger partial charge >= 0.3 is 0 Å². The van der Waals surface area contributed by atoms with Gasteiger partial charge in [0.05, 0.1) is 22.1 Å². The van der Waals surface area contributed by atoms with Crippen LogP contribution >= 0.6 is 0 Å². The third-order valence-electron chi connectivity index (χ3n) is 7.93. The number of benzene rings is 4. The summed E-state index contributed by atoms with van der Waals surface area (Å²) in [6.45, 7) is 1.88. The Morgan fingerprint density at radius 2 is 1.30 bits per heavy atom. The van der Waals surface area contributed by atoms with Gasteiger partial charge in [0.1, 0.15) is 29.8 Å². The summed E-state index contributed by atoms with van der Waals surface area (Å²) in [6.07, 6.45) is 3.76. The van der Waals surface area contributed by atoms with Gasteiger partial charge in [-0.25, -0.2) is 9.97 Å². The second kappa shape index (κ2) is 10.2. The van der Waals surface area contributed by atoms with Crippen molar-refractivity contribution >= 4 is 22.1 Å². The van der Waals surface area contributed by atoms with Crippen LogP contribution in [0.15, 0.2) is 84.9 Å². The number of ether oxygens (including phenoxy) is 1. The summed E-state index contributed by atoms with van der Waals surface area (Å²) in [5.41, 5.74) is 7.88. The molecule has 3 N–H and O–H groups in total. The van der Waals surface area contributed by atoms with Crippen molar-refractivity contribution in [3.63, 3.8) is 0 Å². The number of rotatable bonds is 6. The number of H-pyrrole nitrogens is 2. The van der Waals surface area contributed by atoms with Crippen LogP contribution in [0.1, 0.15) is 19.3 Å². The molecule has 0 saturated carbocycles. The lowest BCUT2D eigenvalue weighted by Crippen LogP contribution is -2.40. The molecule has 0 spiro atoms. The number of aromatic amines is 2. The highest BCUT2D eigenvalue weighted by Crippen LogP contribution is 2.30. The largest absolute Gasteiger partial charge is 0.508 e. The van der Waals surface area contributed by atoms with Gasteiger partial charge in [0.2, 0.25) is 0 Å². The van der Waals surface area contributed by atoms with Gasteiger partial charge in [0.15, 0.2) is 0 Å². The average Bonchev–Trinajstić information content (AvgIpc) is 3.61. The summed E-state index contributed by atoms with van der Waals surface area (Å²) in [4.78, 5) is 18.9. The standard InChI is InChI=1S/C33H31N5O2/c1-38-17-3-2-4-25(38)20-40-27-13-7-22(8-14-27)33-35-29-16-10-24(19-31(29)37-33)23-9-15-28-30(18-23)36-32(34-28)21-5-11-26(39)12-6-21/h5-16,18-19,25,39H,2-4,17,20H2,1H3,(H,34,36)(H,35,37). The molecule has 7 heteroatoms. The molecule has 200 valence electrons. The van der Waals surface area contributed by atoms with E-state index in [0.29, 0.717) is 6.04 Å². The van der Waals surface area contributed by atoms with Crippen LogP contribution < -0.4 is 4.74 Å². The molecular formula is C33H31N5O2. The number of fused-ring (bicyclic) bond motifs is 2. The minimum Gasteiger partial charge on any atom is -0.508 e. The minimum atomic E-state index is 0.239. The molecule has 1 aliphatic rings. The van der Waals surface area contributed by atoms with E-state index >= 15 is 0 Å². The highest BCUT2D eigenvalue weighted by molar-refractivity contribution is 5.88. The molecule has 1 fully saturated rings. The summed E-state index contributed by atoms with van der Waals surface area (Å²) in [5, 5.41) is 9.58. The third-order valence-corrected chi connectivity index (χ3v) is 7.93. The number of hydrogen-bond acceptors (Lipinski definition) is 5. The van der Waals surface area contributed by atoms with Crippen molar-refractivity contribution in [2.24, 2.45) is 0 Å². The molecule has 4 aromatic carbocycles. The molecule has 2 aromatic heterocycles. The summed E-state index contributed by atoms with van der Waals surface area (Å²) < 4.78 is 6.10. The molecule has 0 aliphatic carbocycles. The Bertz CT molecular complexity index is 1790. The zero-order valence-corrected chi connectivity index (χ0v) is 22.4. The molecule has 0 radical (unpaired) electrons. The molecule has 0 bridgehead atoms. The maximum Gasteiger partial charge on any atom is 0.138 e. The Morgan fingerprint density at radius 1 is 0.750 bits per heavy atom. The monoisotopic (exact) mass is 529 g/mol. The molecule has 1 unspecified atom stereocenters. The molecule has 1 atom stereocenters. The summed E-state index contributed by atoms with van der Waals surface area (Å²) in [6, 6.07) is 28.3. The first-order valence-electron chi connectivity index (χ1n) is 13.8. The van der Waals surface area contributed by atoms with E-state index in [1.165, 1.54) is 19.3 Å². The number of piperidine rings is 1. The van der Waals surface area contributed by atoms with Crippen LogP contribution in [0.4, 0.5) is 0 Å². The molecular weight excluding hydrogens is 498 g/mol. The first-order chi connectivity index (χ1) is 19.6. The Kier molecular flexibility index (Phi) is 6.21. The highest BCUT2D eigenvalue weighted by atomic mass is 16.5. The lowest BCUT2D eigenvalue weighted by Gasteiger charge is -2.32. The van der Waals surface area contributed by atoms with Crippen molar-refractivity contribution in [3.8, 4) is 45.4 Å². The highest BCUT2D eigenvalue weighted by Gasteiger charge is 2.19. The van der Waals surface area contributed by atoms with E-state index in [2.05, 4.69) is 70.4 Å². The van der Waals surface area contributed by atoms with Crippen molar-refractivity contribution in [1.82, 2.24) is 24.8 Å². The van der Waals surface area contributed by atoms with Crippen LogP contribution in [0, 0.1) is 0 Å². The number of aromatic hydroxyl groups is 1. The Morgan fingerprint density at radius 3 is 1.88 bits per heavy atom. The van der Waals surface area contributed by atoms with E-state index in [1.54, 1.807) is 12.1 Å². The van der Waals surface area contributed by atoms with Crippen LogP contribution in [0.2, 0.25) is 0 Å². The van der Waals surface area contributed by atoms with Crippen LogP contribution in [0.3, 0.4) is 0 Å². The summed E-state index contributed by atoms with van der Waals surface area (Å²) in [5.74, 6) is 2.75. The van der Waals surface area contributed by atoms with Gasteiger partial charge in [-0.1, -0.05) is 18.6 Å². The number of nitrogens with one attached hydrogen (secondary N) is 2. The van der Waals surface area contributed by atoms with Gasteiger partial charge in [-0.15, -0.1) is 0 Å². The fraction of sp³-hybridized carbons (Fsp3) is 0.212. The van der Waals surface area contributed by atoms with Crippen molar-refractivity contribution in [1.29, 1.82) is 0 Å². The zero-order chi connectivity index (χ0) is 27.1. The summed E-state index contributed by atoms with van der Waals surface area (Å²) >= 11 is 0. The smallest absolute Gasteiger partial charge is 0.138 e. The van der Waals surface area contributed by atoms with Gasteiger partial charge in [0, 0.05) is 17.2 Å². The summed E-state index contributed by atoms with van der Waals surface area (Å²) in [7, 11) is 2.19. The van der Waals surface area contributed by atoms with Gasteiger partial charge in [-0.3, -0.25) is 0 Å². The number of nitrogens with zero attached hydrogens (tertiary/aromatic N) is 3. The number of phenols is 1. The second-order valence-corrected chi connectivity index (χ2v) is 10.6. The second-order valence-electron chi connectivity index (χ2n) is 10.6. The van der Waals surface area contributed by atoms with Crippen molar-refractivity contribution in [3.05, 3.63) is 84.9 Å². The van der Waals surface area contributed by atoms with E-state index in [9.17, 15) is 5.11 Å².